The minimum atomic E-state index is -0.394. The van der Waals surface area contributed by atoms with E-state index in [2.05, 4.69) is 20.3 Å². The number of pyridine rings is 1. The molecule has 0 radical (unpaired) electrons. The van der Waals surface area contributed by atoms with Crippen molar-refractivity contribution >= 4 is 17.5 Å². The molecule has 1 aliphatic carbocycles. The minimum Gasteiger partial charge on any atom is -0.493 e. The molecule has 138 valence electrons. The summed E-state index contributed by atoms with van der Waals surface area (Å²) in [6, 6.07) is 6.99. The van der Waals surface area contributed by atoms with Gasteiger partial charge in [0.05, 0.1) is 12.8 Å². The van der Waals surface area contributed by atoms with Crippen LogP contribution in [0.1, 0.15) is 18.4 Å². The van der Waals surface area contributed by atoms with Crippen molar-refractivity contribution in [3.8, 4) is 16.9 Å². The molecule has 0 spiro atoms. The molecule has 0 atom stereocenters. The average molecular weight is 385 g/mol. The van der Waals surface area contributed by atoms with E-state index in [0.29, 0.717) is 34.6 Å². The van der Waals surface area contributed by atoms with Crippen LogP contribution in [0.5, 0.6) is 5.75 Å². The Bertz CT molecular complexity index is 932. The number of benzene rings is 1. The topological polar surface area (TPSA) is 59.9 Å². The highest BCUT2D eigenvalue weighted by Gasteiger charge is 2.22. The van der Waals surface area contributed by atoms with Gasteiger partial charge in [-0.2, -0.15) is 0 Å². The SMILES string of the molecule is Fc1cncc(-c2cnc(NCc3cc(Cl)ccc3OCC3CC3)nc2)c1. The van der Waals surface area contributed by atoms with Crippen LogP contribution in [0.15, 0.2) is 49.1 Å². The van der Waals surface area contributed by atoms with E-state index in [9.17, 15) is 4.39 Å². The predicted molar refractivity (Wildman–Crippen MR) is 102 cm³/mol. The molecule has 3 aromatic rings. The van der Waals surface area contributed by atoms with E-state index in [4.69, 9.17) is 16.3 Å². The van der Waals surface area contributed by atoms with Crippen LogP contribution in [0.3, 0.4) is 0 Å². The first kappa shape index (κ1) is 17.7. The third-order valence-corrected chi connectivity index (χ3v) is 4.56. The maximum absolute atomic E-state index is 13.3. The molecule has 1 fully saturated rings. The molecule has 4 rings (SSSR count). The van der Waals surface area contributed by atoms with Crippen LogP contribution in [0, 0.1) is 11.7 Å². The quantitative estimate of drug-likeness (QED) is 0.638. The van der Waals surface area contributed by atoms with Crippen LogP contribution in [0.4, 0.5) is 10.3 Å². The van der Waals surface area contributed by atoms with Crippen LogP contribution < -0.4 is 10.1 Å². The van der Waals surface area contributed by atoms with Gasteiger partial charge in [-0.05, 0) is 43.0 Å². The number of rotatable bonds is 7. The van der Waals surface area contributed by atoms with E-state index in [1.165, 1.54) is 18.9 Å². The number of anilines is 1. The summed E-state index contributed by atoms with van der Waals surface area (Å²) in [6.07, 6.45) is 8.48. The number of nitrogens with one attached hydrogen (secondary N) is 1. The van der Waals surface area contributed by atoms with E-state index in [-0.39, 0.29) is 0 Å². The summed E-state index contributed by atoms with van der Waals surface area (Å²) in [6.45, 7) is 1.23. The van der Waals surface area contributed by atoms with E-state index >= 15 is 0 Å². The Morgan fingerprint density at radius 3 is 2.63 bits per heavy atom. The van der Waals surface area contributed by atoms with Gasteiger partial charge in [-0.1, -0.05) is 11.6 Å². The average Bonchev–Trinajstić information content (AvgIpc) is 3.50. The number of halogens is 2. The number of hydrogen-bond donors (Lipinski definition) is 1. The lowest BCUT2D eigenvalue weighted by Gasteiger charge is -2.12. The maximum atomic E-state index is 13.3. The van der Waals surface area contributed by atoms with Crippen LogP contribution in [-0.2, 0) is 6.54 Å². The largest absolute Gasteiger partial charge is 0.493 e. The molecule has 2 heterocycles. The van der Waals surface area contributed by atoms with Gasteiger partial charge in [-0.15, -0.1) is 0 Å². The van der Waals surface area contributed by atoms with Crippen molar-refractivity contribution in [3.63, 3.8) is 0 Å². The Hall–Kier alpha value is -2.73. The van der Waals surface area contributed by atoms with Gasteiger partial charge in [-0.3, -0.25) is 4.98 Å². The van der Waals surface area contributed by atoms with Gasteiger partial charge >= 0.3 is 0 Å². The van der Waals surface area contributed by atoms with Gasteiger partial charge in [0, 0.05) is 46.8 Å². The molecule has 5 nitrogen and oxygen atoms in total. The fraction of sp³-hybridized carbons (Fsp3) is 0.250. The fourth-order valence-electron chi connectivity index (χ4n) is 2.63. The first-order chi connectivity index (χ1) is 13.2. The lowest BCUT2D eigenvalue weighted by molar-refractivity contribution is 0.297. The number of aromatic nitrogens is 3. The van der Waals surface area contributed by atoms with Crippen molar-refractivity contribution in [2.24, 2.45) is 5.92 Å². The molecule has 0 unspecified atom stereocenters. The summed E-state index contributed by atoms with van der Waals surface area (Å²) < 4.78 is 19.2. The molecule has 2 aromatic heterocycles. The zero-order valence-corrected chi connectivity index (χ0v) is 15.3. The molecule has 0 aliphatic heterocycles. The first-order valence-electron chi connectivity index (χ1n) is 8.75. The second kappa shape index (κ2) is 7.88. The lowest BCUT2D eigenvalue weighted by Crippen LogP contribution is -2.07. The highest BCUT2D eigenvalue weighted by molar-refractivity contribution is 6.30. The molecule has 1 aromatic carbocycles. The summed E-state index contributed by atoms with van der Waals surface area (Å²) in [5, 5.41) is 3.82. The third kappa shape index (κ3) is 4.71. The van der Waals surface area contributed by atoms with Crippen molar-refractivity contribution < 1.29 is 9.13 Å². The molecule has 0 amide bonds. The molecule has 1 N–H and O–H groups in total. The Morgan fingerprint density at radius 2 is 1.89 bits per heavy atom. The van der Waals surface area contributed by atoms with E-state index < -0.39 is 5.82 Å². The van der Waals surface area contributed by atoms with Gasteiger partial charge in [0.1, 0.15) is 11.6 Å². The summed E-state index contributed by atoms with van der Waals surface area (Å²) >= 11 is 6.12. The zero-order chi connectivity index (χ0) is 18.6. The molecule has 1 aliphatic rings. The van der Waals surface area contributed by atoms with Crippen molar-refractivity contribution in [1.29, 1.82) is 0 Å². The van der Waals surface area contributed by atoms with Gasteiger partial charge in [0.15, 0.2) is 0 Å². The molecule has 0 bridgehead atoms. The Morgan fingerprint density at radius 1 is 1.07 bits per heavy atom. The van der Waals surface area contributed by atoms with Crippen LogP contribution >= 0.6 is 11.6 Å². The van der Waals surface area contributed by atoms with Gasteiger partial charge in [0.2, 0.25) is 5.95 Å². The summed E-state index contributed by atoms with van der Waals surface area (Å²) in [5.41, 5.74) is 2.28. The number of nitrogens with zero attached hydrogens (tertiary/aromatic N) is 3. The van der Waals surface area contributed by atoms with Gasteiger partial charge < -0.3 is 10.1 Å². The van der Waals surface area contributed by atoms with Crippen molar-refractivity contribution in [2.45, 2.75) is 19.4 Å². The highest BCUT2D eigenvalue weighted by Crippen LogP contribution is 2.31. The number of hydrogen-bond acceptors (Lipinski definition) is 5. The van der Waals surface area contributed by atoms with Crippen LogP contribution in [0.25, 0.3) is 11.1 Å². The van der Waals surface area contributed by atoms with Gasteiger partial charge in [-0.25, -0.2) is 14.4 Å². The molecule has 1 saturated carbocycles. The monoisotopic (exact) mass is 384 g/mol. The Kier molecular flexibility index (Phi) is 5.16. The Balaban J connectivity index is 1.43. The minimum absolute atomic E-state index is 0.394. The third-order valence-electron chi connectivity index (χ3n) is 4.32. The standard InChI is InChI=1S/C20H18ClFN4O/c21-17-3-4-19(27-12-13-1-2-13)15(5-17)8-24-20-25-9-16(10-26-20)14-6-18(22)11-23-7-14/h3-7,9-11,13H,1-2,8,12H2,(H,24,25,26). The maximum Gasteiger partial charge on any atom is 0.222 e. The van der Waals surface area contributed by atoms with Crippen molar-refractivity contribution in [2.75, 3.05) is 11.9 Å². The molecule has 27 heavy (non-hydrogen) atoms. The molecular formula is C20H18ClFN4O. The predicted octanol–water partition coefficient (Wildman–Crippen LogP) is 4.73. The second-order valence-electron chi connectivity index (χ2n) is 6.55. The smallest absolute Gasteiger partial charge is 0.222 e. The van der Waals surface area contributed by atoms with Crippen molar-refractivity contribution in [1.82, 2.24) is 15.0 Å². The zero-order valence-electron chi connectivity index (χ0n) is 14.5. The second-order valence-corrected chi connectivity index (χ2v) is 6.98. The highest BCUT2D eigenvalue weighted by atomic mass is 35.5. The first-order valence-corrected chi connectivity index (χ1v) is 9.13. The molecule has 7 heteroatoms. The Labute approximate surface area is 161 Å². The van der Waals surface area contributed by atoms with E-state index in [0.717, 1.165) is 24.1 Å². The lowest BCUT2D eigenvalue weighted by atomic mass is 10.1. The van der Waals surface area contributed by atoms with E-state index in [1.807, 2.05) is 18.2 Å². The summed E-state index contributed by atoms with van der Waals surface area (Å²) in [5.74, 6) is 1.57. The summed E-state index contributed by atoms with van der Waals surface area (Å²) in [7, 11) is 0. The van der Waals surface area contributed by atoms with Crippen LogP contribution in [-0.4, -0.2) is 21.6 Å². The number of ether oxygens (including phenoxy) is 1. The van der Waals surface area contributed by atoms with Crippen LogP contribution in [0.2, 0.25) is 5.02 Å². The molecular weight excluding hydrogens is 367 g/mol. The van der Waals surface area contributed by atoms with Crippen molar-refractivity contribution in [3.05, 3.63) is 65.5 Å². The fourth-order valence-corrected chi connectivity index (χ4v) is 2.83. The van der Waals surface area contributed by atoms with E-state index in [1.54, 1.807) is 18.6 Å². The molecule has 0 saturated heterocycles. The van der Waals surface area contributed by atoms with Gasteiger partial charge in [0.25, 0.3) is 0 Å². The summed E-state index contributed by atoms with van der Waals surface area (Å²) in [4.78, 5) is 12.4. The normalized spacial score (nSPS) is 13.4.